The Balaban J connectivity index is 0.000000298. The van der Waals surface area contributed by atoms with Crippen LogP contribution in [0.5, 0.6) is 0 Å². The molecular weight excluding hydrogens is 409 g/mol. The van der Waals surface area contributed by atoms with Gasteiger partial charge in [0.05, 0.1) is 23.9 Å². The summed E-state index contributed by atoms with van der Waals surface area (Å²) in [5.74, 6) is -1.46. The average Bonchev–Trinajstić information content (AvgIpc) is 3.40. The van der Waals surface area contributed by atoms with E-state index in [1.807, 2.05) is 28.5 Å². The number of carboxylic acids is 1. The topological polar surface area (TPSA) is 74.0 Å². The van der Waals surface area contributed by atoms with Crippen LogP contribution in [-0.4, -0.2) is 47.7 Å². The molecule has 2 aromatic rings. The fraction of sp³-hybridized carbons (Fsp3) is 0.474. The van der Waals surface area contributed by atoms with Crippen LogP contribution in [0.1, 0.15) is 25.0 Å². The summed E-state index contributed by atoms with van der Waals surface area (Å²) >= 11 is 1.65. The first-order valence-electron chi connectivity index (χ1n) is 9.10. The number of hydrogen-bond donors (Lipinski definition) is 1. The number of alkyl halides is 3. The van der Waals surface area contributed by atoms with Crippen LogP contribution in [0.2, 0.25) is 0 Å². The summed E-state index contributed by atoms with van der Waals surface area (Å²) in [6.07, 6.45) is -0.296. The van der Waals surface area contributed by atoms with Crippen molar-refractivity contribution in [3.8, 4) is 0 Å². The van der Waals surface area contributed by atoms with Gasteiger partial charge in [0, 0.05) is 18.5 Å². The number of hydrogen-bond acceptors (Lipinski definition) is 5. The zero-order chi connectivity index (χ0) is 21.1. The molecule has 1 unspecified atom stereocenters. The number of carboxylic acid groups (broad SMARTS) is 1. The lowest BCUT2D eigenvalue weighted by Crippen LogP contribution is -2.47. The van der Waals surface area contributed by atoms with Crippen molar-refractivity contribution >= 4 is 28.9 Å². The van der Waals surface area contributed by atoms with Crippen LogP contribution >= 0.6 is 11.3 Å². The van der Waals surface area contributed by atoms with Gasteiger partial charge in [0.2, 0.25) is 5.91 Å². The number of piperidine rings is 1. The third kappa shape index (κ3) is 4.99. The molecule has 6 nitrogen and oxygen atoms in total. The number of amides is 1. The molecule has 29 heavy (non-hydrogen) atoms. The van der Waals surface area contributed by atoms with E-state index in [9.17, 15) is 18.0 Å². The Morgan fingerprint density at radius 1 is 1.28 bits per heavy atom. The van der Waals surface area contributed by atoms with Crippen molar-refractivity contribution in [1.29, 1.82) is 0 Å². The molecule has 1 spiro atoms. The van der Waals surface area contributed by atoms with Gasteiger partial charge >= 0.3 is 12.1 Å². The molecule has 1 atom stereocenters. The van der Waals surface area contributed by atoms with E-state index >= 15 is 0 Å². The molecule has 0 radical (unpaired) electrons. The number of carbonyl (C=O) groups is 2. The van der Waals surface area contributed by atoms with Crippen molar-refractivity contribution < 1.29 is 32.3 Å². The third-order valence-electron chi connectivity index (χ3n) is 5.19. The lowest BCUT2D eigenvalue weighted by atomic mass is 9.78. The minimum Gasteiger partial charge on any atom is -0.475 e. The quantitative estimate of drug-likeness (QED) is 0.797. The molecule has 2 aliphatic rings. The number of carbonyl (C=O) groups excluding carboxylic acids is 1. The van der Waals surface area contributed by atoms with Gasteiger partial charge in [0.25, 0.3) is 0 Å². The molecule has 2 aromatic heterocycles. The summed E-state index contributed by atoms with van der Waals surface area (Å²) in [4.78, 5) is 26.3. The molecule has 4 rings (SSSR count). The molecule has 4 heterocycles. The second kappa shape index (κ2) is 8.58. The van der Waals surface area contributed by atoms with Crippen LogP contribution < -0.4 is 4.90 Å². The number of aliphatic carboxylic acids is 1. The summed E-state index contributed by atoms with van der Waals surface area (Å²) in [7, 11) is 0. The van der Waals surface area contributed by atoms with Gasteiger partial charge in [-0.15, -0.1) is 0 Å². The lowest BCUT2D eigenvalue weighted by molar-refractivity contribution is -0.192. The Kier molecular flexibility index (Phi) is 6.33. The van der Waals surface area contributed by atoms with Crippen molar-refractivity contribution in [2.45, 2.75) is 32.0 Å². The first-order valence-corrected chi connectivity index (χ1v) is 10.0. The van der Waals surface area contributed by atoms with Crippen molar-refractivity contribution in [1.82, 2.24) is 4.90 Å². The van der Waals surface area contributed by atoms with Gasteiger partial charge in [0.1, 0.15) is 5.76 Å². The van der Waals surface area contributed by atoms with Crippen LogP contribution in [0, 0.1) is 5.41 Å². The van der Waals surface area contributed by atoms with E-state index < -0.39 is 12.1 Å². The predicted molar refractivity (Wildman–Crippen MR) is 101 cm³/mol. The molecular formula is C19H21F3N2O4S. The number of nitrogens with zero attached hydrogens (tertiary/aromatic N) is 2. The van der Waals surface area contributed by atoms with Crippen LogP contribution in [0.3, 0.4) is 0 Å². The largest absolute Gasteiger partial charge is 0.490 e. The number of rotatable bonds is 3. The highest BCUT2D eigenvalue weighted by molar-refractivity contribution is 7.08. The number of halogens is 3. The number of likely N-dealkylation sites (tertiary alicyclic amines) is 1. The highest BCUT2D eigenvalue weighted by Gasteiger charge is 2.49. The second-order valence-corrected chi connectivity index (χ2v) is 7.95. The summed E-state index contributed by atoms with van der Waals surface area (Å²) in [6.45, 7) is 3.56. The number of furan rings is 1. The molecule has 0 bridgehead atoms. The first kappa shape index (κ1) is 21.4. The summed E-state index contributed by atoms with van der Waals surface area (Å²) in [5, 5.41) is 11.2. The Morgan fingerprint density at radius 2 is 2.03 bits per heavy atom. The minimum absolute atomic E-state index is 0.188. The third-order valence-corrected chi connectivity index (χ3v) is 5.86. The number of thiophene rings is 1. The van der Waals surface area contributed by atoms with E-state index in [4.69, 9.17) is 14.3 Å². The van der Waals surface area contributed by atoms with Gasteiger partial charge in [-0.3, -0.25) is 9.69 Å². The molecule has 1 N–H and O–H groups in total. The molecule has 2 saturated heterocycles. The zero-order valence-corrected chi connectivity index (χ0v) is 16.3. The summed E-state index contributed by atoms with van der Waals surface area (Å²) in [5.41, 5.74) is 0.877. The van der Waals surface area contributed by atoms with Crippen LogP contribution in [0.25, 0.3) is 0 Å². The molecule has 2 fully saturated rings. The van der Waals surface area contributed by atoms with Crippen LogP contribution in [0.4, 0.5) is 18.9 Å². The van der Waals surface area contributed by atoms with Crippen molar-refractivity contribution in [2.24, 2.45) is 5.41 Å². The van der Waals surface area contributed by atoms with Gasteiger partial charge in [0.15, 0.2) is 0 Å². The fourth-order valence-electron chi connectivity index (χ4n) is 3.84. The van der Waals surface area contributed by atoms with Crippen molar-refractivity contribution in [3.05, 3.63) is 41.0 Å². The molecule has 10 heteroatoms. The molecule has 1 amide bonds. The van der Waals surface area contributed by atoms with E-state index in [2.05, 4.69) is 10.3 Å². The maximum absolute atomic E-state index is 13.0. The highest BCUT2D eigenvalue weighted by Crippen LogP contribution is 2.42. The summed E-state index contributed by atoms with van der Waals surface area (Å²) in [6, 6.07) is 5.98. The average molecular weight is 430 g/mol. The van der Waals surface area contributed by atoms with Gasteiger partial charge in [-0.05, 0) is 49.4 Å². The Labute approximate surface area is 169 Å². The Morgan fingerprint density at radius 3 is 2.62 bits per heavy atom. The Bertz CT molecular complexity index is 823. The molecule has 0 saturated carbocycles. The predicted octanol–water partition coefficient (Wildman–Crippen LogP) is 3.99. The standard InChI is InChI=1S/C17H20N2O2S.C2HF3O2/c20-16-17(6-8-19(16)14-4-10-22-12-14)5-2-7-18(13-17)11-15-3-1-9-21-15;3-2(4,5)1(6)7/h1,3-4,9-10,12H,2,5-8,11,13H2;(H,6,7). The van der Waals surface area contributed by atoms with Crippen molar-refractivity contribution in [3.63, 3.8) is 0 Å². The Hall–Kier alpha value is -2.33. The van der Waals surface area contributed by atoms with Crippen LogP contribution in [0.15, 0.2) is 39.6 Å². The van der Waals surface area contributed by atoms with E-state index in [-0.39, 0.29) is 5.41 Å². The first-order chi connectivity index (χ1) is 13.7. The van der Waals surface area contributed by atoms with Gasteiger partial charge in [-0.2, -0.15) is 24.5 Å². The van der Waals surface area contributed by atoms with E-state index in [1.54, 1.807) is 17.6 Å². The molecule has 0 aromatic carbocycles. The summed E-state index contributed by atoms with van der Waals surface area (Å²) < 4.78 is 37.2. The van der Waals surface area contributed by atoms with Gasteiger partial charge in [-0.25, -0.2) is 4.79 Å². The maximum atomic E-state index is 13.0. The van der Waals surface area contributed by atoms with E-state index in [0.29, 0.717) is 5.91 Å². The SMILES string of the molecule is O=C(O)C(F)(F)F.O=C1N(c2ccsc2)CCC12CCCN(Cc1ccco1)C2. The second-order valence-electron chi connectivity index (χ2n) is 7.17. The smallest absolute Gasteiger partial charge is 0.475 e. The van der Waals surface area contributed by atoms with Crippen molar-refractivity contribution in [2.75, 3.05) is 24.5 Å². The maximum Gasteiger partial charge on any atom is 0.490 e. The van der Waals surface area contributed by atoms with Crippen LogP contribution in [-0.2, 0) is 16.1 Å². The monoisotopic (exact) mass is 430 g/mol. The van der Waals surface area contributed by atoms with Gasteiger partial charge in [-0.1, -0.05) is 0 Å². The molecule has 158 valence electrons. The molecule has 2 aliphatic heterocycles. The lowest BCUT2D eigenvalue weighted by Gasteiger charge is -2.38. The minimum atomic E-state index is -5.08. The zero-order valence-electron chi connectivity index (χ0n) is 15.5. The normalized spacial score (nSPS) is 22.6. The van der Waals surface area contributed by atoms with E-state index in [0.717, 1.165) is 56.9 Å². The van der Waals surface area contributed by atoms with E-state index in [1.165, 1.54) is 0 Å². The molecule has 0 aliphatic carbocycles. The fourth-order valence-corrected chi connectivity index (χ4v) is 4.48. The highest BCUT2D eigenvalue weighted by atomic mass is 32.1. The van der Waals surface area contributed by atoms with Gasteiger partial charge < -0.3 is 14.4 Å². The number of anilines is 1.